The van der Waals surface area contributed by atoms with Crippen molar-refractivity contribution < 1.29 is 9.84 Å². The highest BCUT2D eigenvalue weighted by molar-refractivity contribution is 6.76. The average Bonchev–Trinajstić information content (AvgIpc) is 1.59. The third kappa shape index (κ3) is 24.5. The molecule has 0 saturated carbocycles. The Kier molecular flexibility index (Phi) is 18.2. The van der Waals surface area contributed by atoms with Crippen molar-refractivity contribution >= 4 is 8.07 Å². The van der Waals surface area contributed by atoms with E-state index in [1.807, 2.05) is 0 Å². The van der Waals surface area contributed by atoms with Gasteiger partial charge in [-0.1, -0.05) is 41.9 Å². The van der Waals surface area contributed by atoms with Gasteiger partial charge in [-0.25, -0.2) is 0 Å². The van der Waals surface area contributed by atoms with Crippen LogP contribution in [0.4, 0.5) is 0 Å². The molecule has 0 radical (unpaired) electrons. The lowest BCUT2D eigenvalue weighted by Gasteiger charge is -2.16. The lowest BCUT2D eigenvalue weighted by atomic mass is 10.5. The van der Waals surface area contributed by atoms with Crippen LogP contribution in [0.5, 0.6) is 0 Å². The predicted molar refractivity (Wildman–Crippen MR) is 66.0 cm³/mol. The Labute approximate surface area is 86.3 Å². The van der Waals surface area contributed by atoms with Gasteiger partial charge in [-0.2, -0.15) is 0 Å². The van der Waals surface area contributed by atoms with Crippen molar-refractivity contribution in [2.45, 2.75) is 54.9 Å². The van der Waals surface area contributed by atoms with Crippen LogP contribution in [0.3, 0.4) is 0 Å². The standard InChI is InChI=1S/C7H18O2Si.3CH4/c1-7(8)5-9-6-10(2,3)4;;;/h7-8H,5-6H2,1-4H3;3*1H4. The zero-order chi connectivity index (χ0) is 8.20. The highest BCUT2D eigenvalue weighted by Gasteiger charge is 2.12. The smallest absolute Gasteiger partial charge is 0.0746 e. The minimum Gasteiger partial charge on any atom is -0.391 e. The summed E-state index contributed by atoms with van der Waals surface area (Å²) in [6.45, 7) is 8.95. The summed E-state index contributed by atoms with van der Waals surface area (Å²) in [6, 6.07) is 0. The summed E-state index contributed by atoms with van der Waals surface area (Å²) in [5, 5.41) is 8.84. The molecule has 13 heavy (non-hydrogen) atoms. The highest BCUT2D eigenvalue weighted by Crippen LogP contribution is 2.00. The largest absolute Gasteiger partial charge is 0.391 e. The van der Waals surface area contributed by atoms with Crippen LogP contribution in [0.15, 0.2) is 0 Å². The van der Waals surface area contributed by atoms with Crippen LogP contribution < -0.4 is 0 Å². The second kappa shape index (κ2) is 10.2. The van der Waals surface area contributed by atoms with E-state index in [0.29, 0.717) is 6.61 Å². The van der Waals surface area contributed by atoms with Crippen molar-refractivity contribution in [1.29, 1.82) is 0 Å². The maximum atomic E-state index is 8.84. The first-order valence-electron chi connectivity index (χ1n) is 3.67. The minimum absolute atomic E-state index is 0. The third-order valence-corrected chi connectivity index (χ3v) is 1.96. The molecule has 0 aromatic heterocycles. The number of hydrogen-bond acceptors (Lipinski definition) is 2. The van der Waals surface area contributed by atoms with Crippen LogP contribution in [0.1, 0.15) is 29.2 Å². The fraction of sp³-hybridized carbons (Fsp3) is 1.00. The Balaban J connectivity index is -0.000000135. The molecule has 0 aliphatic rings. The fourth-order valence-corrected chi connectivity index (χ4v) is 1.27. The molecule has 0 aliphatic heterocycles. The van der Waals surface area contributed by atoms with Crippen LogP contribution in [0.25, 0.3) is 0 Å². The molecule has 86 valence electrons. The summed E-state index contributed by atoms with van der Waals surface area (Å²) in [7, 11) is -1.06. The Morgan fingerprint density at radius 3 is 1.77 bits per heavy atom. The van der Waals surface area contributed by atoms with Gasteiger partial charge >= 0.3 is 0 Å². The zero-order valence-corrected chi connectivity index (χ0v) is 8.35. The average molecular weight is 210 g/mol. The van der Waals surface area contributed by atoms with Gasteiger partial charge < -0.3 is 9.84 Å². The third-order valence-electron chi connectivity index (χ3n) is 0.894. The second-order valence-electron chi connectivity index (χ2n) is 3.92. The maximum absolute atomic E-state index is 8.84. The zero-order valence-electron chi connectivity index (χ0n) is 7.35. The van der Waals surface area contributed by atoms with E-state index in [-0.39, 0.29) is 28.4 Å². The normalized spacial score (nSPS) is 11.8. The second-order valence-corrected chi connectivity index (χ2v) is 9.33. The molecule has 3 heteroatoms. The van der Waals surface area contributed by atoms with E-state index in [2.05, 4.69) is 19.6 Å². The van der Waals surface area contributed by atoms with Crippen molar-refractivity contribution in [3.05, 3.63) is 0 Å². The Morgan fingerprint density at radius 2 is 1.54 bits per heavy atom. The summed E-state index contributed by atoms with van der Waals surface area (Å²) < 4.78 is 5.27. The van der Waals surface area contributed by atoms with Gasteiger partial charge in [-0.3, -0.25) is 0 Å². The number of aliphatic hydroxyl groups is 1. The predicted octanol–water partition coefficient (Wildman–Crippen LogP) is 3.17. The molecule has 0 amide bonds. The molecule has 0 bridgehead atoms. The molecule has 2 nitrogen and oxygen atoms in total. The van der Waals surface area contributed by atoms with Crippen LogP contribution in [-0.4, -0.2) is 32.1 Å². The molecule has 0 rings (SSSR count). The summed E-state index contributed by atoms with van der Waals surface area (Å²) in [4.78, 5) is 0. The highest BCUT2D eigenvalue weighted by atomic mass is 28.3. The monoisotopic (exact) mass is 210 g/mol. The van der Waals surface area contributed by atoms with Gasteiger partial charge in [-0.05, 0) is 6.92 Å². The van der Waals surface area contributed by atoms with E-state index in [1.54, 1.807) is 6.92 Å². The molecular weight excluding hydrogens is 180 g/mol. The van der Waals surface area contributed by atoms with Crippen LogP contribution in [-0.2, 0) is 4.74 Å². The molecule has 0 heterocycles. The summed E-state index contributed by atoms with van der Waals surface area (Å²) >= 11 is 0. The van der Waals surface area contributed by atoms with E-state index >= 15 is 0 Å². The van der Waals surface area contributed by atoms with Crippen LogP contribution in [0.2, 0.25) is 19.6 Å². The molecule has 0 saturated heterocycles. The van der Waals surface area contributed by atoms with E-state index in [1.165, 1.54) is 0 Å². The molecule has 1 unspecified atom stereocenters. The summed E-state index contributed by atoms with van der Waals surface area (Å²) in [6.07, 6.45) is 0.522. The van der Waals surface area contributed by atoms with E-state index in [4.69, 9.17) is 9.84 Å². The van der Waals surface area contributed by atoms with Gasteiger partial charge in [0.1, 0.15) is 0 Å². The van der Waals surface area contributed by atoms with Crippen molar-refractivity contribution in [2.24, 2.45) is 0 Å². The van der Waals surface area contributed by atoms with Crippen LogP contribution >= 0.6 is 0 Å². The fourth-order valence-electron chi connectivity index (χ4n) is 0.536. The van der Waals surface area contributed by atoms with Crippen molar-refractivity contribution in [3.8, 4) is 0 Å². The van der Waals surface area contributed by atoms with Gasteiger partial charge in [0.2, 0.25) is 0 Å². The molecule has 0 aromatic carbocycles. The van der Waals surface area contributed by atoms with Crippen molar-refractivity contribution in [3.63, 3.8) is 0 Å². The quantitative estimate of drug-likeness (QED) is 0.722. The van der Waals surface area contributed by atoms with Gasteiger partial charge in [0.15, 0.2) is 0 Å². The van der Waals surface area contributed by atoms with Crippen molar-refractivity contribution in [2.75, 3.05) is 12.8 Å². The maximum Gasteiger partial charge on any atom is 0.0746 e. The van der Waals surface area contributed by atoms with E-state index < -0.39 is 8.07 Å². The molecular formula is C10H30O2Si. The molecule has 0 aromatic rings. The minimum atomic E-state index is -1.06. The molecule has 0 spiro atoms. The van der Waals surface area contributed by atoms with Gasteiger partial charge in [0.25, 0.3) is 0 Å². The number of hydrogen-bond donors (Lipinski definition) is 1. The SMILES string of the molecule is C.C.C.CC(O)COC[Si](C)(C)C. The lowest BCUT2D eigenvalue weighted by molar-refractivity contribution is 0.0650. The number of rotatable bonds is 4. The number of aliphatic hydroxyl groups excluding tert-OH is 1. The molecule has 1 atom stereocenters. The summed E-state index contributed by atoms with van der Waals surface area (Å²) in [5.41, 5.74) is 0. The molecule has 1 N–H and O–H groups in total. The van der Waals surface area contributed by atoms with Gasteiger partial charge in [0, 0.05) is 6.23 Å². The Hall–Kier alpha value is 0.137. The van der Waals surface area contributed by atoms with Gasteiger partial charge in [0.05, 0.1) is 20.8 Å². The first-order chi connectivity index (χ1) is 4.42. The Bertz CT molecular complexity index is 87.4. The van der Waals surface area contributed by atoms with Gasteiger partial charge in [-0.15, -0.1) is 0 Å². The topological polar surface area (TPSA) is 29.5 Å². The first kappa shape index (κ1) is 23.2. The number of ether oxygens (including phenoxy) is 1. The molecule has 0 aliphatic carbocycles. The first-order valence-corrected chi connectivity index (χ1v) is 7.38. The van der Waals surface area contributed by atoms with E-state index in [9.17, 15) is 0 Å². The van der Waals surface area contributed by atoms with Crippen molar-refractivity contribution in [1.82, 2.24) is 0 Å². The molecule has 0 fully saturated rings. The van der Waals surface area contributed by atoms with Crippen LogP contribution in [0, 0.1) is 0 Å². The Morgan fingerprint density at radius 1 is 1.15 bits per heavy atom. The lowest BCUT2D eigenvalue weighted by Crippen LogP contribution is -2.29. The van der Waals surface area contributed by atoms with E-state index in [0.717, 1.165) is 6.23 Å². The summed E-state index contributed by atoms with van der Waals surface area (Å²) in [5.74, 6) is 0.